The summed E-state index contributed by atoms with van der Waals surface area (Å²) < 4.78 is 41.7. The van der Waals surface area contributed by atoms with E-state index in [4.69, 9.17) is 14.2 Å². The van der Waals surface area contributed by atoms with Crippen LogP contribution in [-0.4, -0.2) is 112 Å². The first-order chi connectivity index (χ1) is 20.4. The molecule has 2 aliphatic rings. The van der Waals surface area contributed by atoms with Crippen molar-refractivity contribution in [3.63, 3.8) is 0 Å². The number of fused-ring (bicyclic) bond motifs is 1. The summed E-state index contributed by atoms with van der Waals surface area (Å²) in [5, 5.41) is 7.13. The van der Waals surface area contributed by atoms with E-state index in [2.05, 4.69) is 20.0 Å². The Hall–Kier alpha value is -2.97. The Bertz CT molecular complexity index is 1480. The van der Waals surface area contributed by atoms with Gasteiger partial charge in [-0.2, -0.15) is 5.10 Å². The van der Waals surface area contributed by atoms with Gasteiger partial charge in [0.1, 0.15) is 27.7 Å². The second-order valence-electron chi connectivity index (χ2n) is 10.3. The lowest BCUT2D eigenvalue weighted by Gasteiger charge is -2.25. The number of thiazole rings is 1. The highest BCUT2D eigenvalue weighted by molar-refractivity contribution is 7.91. The van der Waals surface area contributed by atoms with E-state index in [1.54, 1.807) is 19.2 Å². The third-order valence-corrected chi connectivity index (χ3v) is 9.97. The molecule has 2 aliphatic heterocycles. The van der Waals surface area contributed by atoms with Gasteiger partial charge in [0.25, 0.3) is 0 Å². The number of ketones is 1. The minimum atomic E-state index is -3.46. The largest absolute Gasteiger partial charge is 0.476 e. The second-order valence-corrected chi connectivity index (χ2v) is 13.5. The molecule has 0 N–H and O–H groups in total. The Kier molecular flexibility index (Phi) is 10.5. The van der Waals surface area contributed by atoms with Crippen molar-refractivity contribution in [1.29, 1.82) is 0 Å². The van der Waals surface area contributed by atoms with Gasteiger partial charge in [-0.25, -0.2) is 18.4 Å². The average molecular weight is 616 g/mol. The predicted octanol–water partition coefficient (Wildman–Crippen LogP) is 2.82. The van der Waals surface area contributed by atoms with Gasteiger partial charge in [0.05, 0.1) is 43.4 Å². The molecule has 3 aromatic rings. The SMILES string of the molecule is COCCCS(=O)(=O)c1ccc(/C(=N\N2CCOCC2)C(=O)Cc2nc3ccc(OCCN4CCCC4)nc3s2)cc1. The van der Waals surface area contributed by atoms with Crippen molar-refractivity contribution in [2.75, 3.05) is 72.0 Å². The zero-order valence-corrected chi connectivity index (χ0v) is 25.5. The van der Waals surface area contributed by atoms with Crippen LogP contribution in [0.25, 0.3) is 10.3 Å². The summed E-state index contributed by atoms with van der Waals surface area (Å²) in [5.74, 6) is 0.332. The number of hydrogen-bond acceptors (Lipinski definition) is 12. The first-order valence-electron chi connectivity index (χ1n) is 14.3. The number of hydrazone groups is 1. The number of benzene rings is 1. The molecule has 0 saturated carbocycles. The molecular weight excluding hydrogens is 578 g/mol. The highest BCUT2D eigenvalue weighted by atomic mass is 32.2. The van der Waals surface area contributed by atoms with Crippen LogP contribution in [-0.2, 0) is 30.5 Å². The zero-order chi connectivity index (χ0) is 29.4. The van der Waals surface area contributed by atoms with Crippen molar-refractivity contribution >= 4 is 43.0 Å². The van der Waals surface area contributed by atoms with E-state index in [1.807, 2.05) is 17.1 Å². The summed E-state index contributed by atoms with van der Waals surface area (Å²) in [7, 11) is -1.92. The first-order valence-corrected chi connectivity index (χ1v) is 16.8. The van der Waals surface area contributed by atoms with Crippen LogP contribution in [0.15, 0.2) is 46.4 Å². The quantitative estimate of drug-likeness (QED) is 0.198. The van der Waals surface area contributed by atoms with Gasteiger partial charge >= 0.3 is 0 Å². The fraction of sp³-hybridized carbons (Fsp3) is 0.517. The van der Waals surface area contributed by atoms with Gasteiger partial charge < -0.3 is 14.2 Å². The highest BCUT2D eigenvalue weighted by Gasteiger charge is 2.22. The number of aromatic nitrogens is 2. The summed E-state index contributed by atoms with van der Waals surface area (Å²) in [6.07, 6.45) is 2.94. The Morgan fingerprint density at radius 3 is 2.52 bits per heavy atom. The maximum atomic E-state index is 13.7. The van der Waals surface area contributed by atoms with Crippen molar-refractivity contribution in [3.05, 3.63) is 47.0 Å². The first kappa shape index (κ1) is 30.5. The van der Waals surface area contributed by atoms with Gasteiger partial charge in [0.15, 0.2) is 15.6 Å². The minimum absolute atomic E-state index is 0.00924. The van der Waals surface area contributed by atoms with Crippen LogP contribution in [0.2, 0.25) is 0 Å². The molecule has 0 aliphatic carbocycles. The van der Waals surface area contributed by atoms with Gasteiger partial charge in [0, 0.05) is 31.9 Å². The van der Waals surface area contributed by atoms with Crippen LogP contribution in [0.5, 0.6) is 5.88 Å². The number of sulfone groups is 1. The molecular formula is C29H37N5O6S2. The van der Waals surface area contributed by atoms with Crippen LogP contribution in [0, 0.1) is 0 Å². The fourth-order valence-corrected chi connectivity index (χ4v) is 7.12. The number of carbonyl (C=O) groups is 1. The van der Waals surface area contributed by atoms with E-state index >= 15 is 0 Å². The van der Waals surface area contributed by atoms with Crippen molar-refractivity contribution < 1.29 is 27.4 Å². The predicted molar refractivity (Wildman–Crippen MR) is 161 cm³/mol. The molecule has 0 spiro atoms. The number of rotatable bonds is 14. The van der Waals surface area contributed by atoms with Crippen molar-refractivity contribution in [2.24, 2.45) is 5.10 Å². The monoisotopic (exact) mass is 615 g/mol. The Morgan fingerprint density at radius 1 is 1.02 bits per heavy atom. The summed E-state index contributed by atoms with van der Waals surface area (Å²) in [6, 6.07) is 10.0. The van der Waals surface area contributed by atoms with Crippen LogP contribution in [0.1, 0.15) is 29.8 Å². The number of carbonyl (C=O) groups excluding carboxylic acids is 1. The van der Waals surface area contributed by atoms with Gasteiger partial charge in [-0.05, 0) is 50.6 Å². The number of Topliss-reactive ketones (excluding diaryl/α,β-unsaturated/α-hetero) is 1. The lowest BCUT2D eigenvalue weighted by molar-refractivity contribution is -0.112. The number of pyridine rings is 1. The Balaban J connectivity index is 1.30. The number of nitrogens with zero attached hydrogens (tertiary/aromatic N) is 5. The Morgan fingerprint density at radius 2 is 1.79 bits per heavy atom. The van der Waals surface area contributed by atoms with Crippen LogP contribution in [0.3, 0.4) is 0 Å². The van der Waals surface area contributed by atoms with Gasteiger partial charge in [-0.15, -0.1) is 0 Å². The molecule has 0 bridgehead atoms. The molecule has 13 heteroatoms. The molecule has 226 valence electrons. The normalized spacial score (nSPS) is 16.8. The molecule has 5 rings (SSSR count). The number of likely N-dealkylation sites (tertiary alicyclic amines) is 1. The number of hydrogen-bond donors (Lipinski definition) is 0. The lowest BCUT2D eigenvalue weighted by atomic mass is 10.0. The number of morpholine rings is 1. The number of ether oxygens (including phenoxy) is 3. The topological polar surface area (TPSA) is 124 Å². The molecule has 4 heterocycles. The maximum absolute atomic E-state index is 13.7. The zero-order valence-electron chi connectivity index (χ0n) is 23.9. The standard InChI is InChI=1S/C29H37N5O6S2/c1-38-16-4-20-42(36,37)23-7-5-22(6-8-23)28(32-34-14-17-39-18-15-34)25(35)21-27-30-24-9-10-26(31-29(24)41-27)40-19-13-33-11-2-3-12-33/h5-10H,2-4,11-21H2,1H3/b32-28+. The molecule has 2 saturated heterocycles. The Labute approximate surface area is 250 Å². The summed E-state index contributed by atoms with van der Waals surface area (Å²) in [6.45, 7) is 6.25. The fourth-order valence-electron chi connectivity index (χ4n) is 4.91. The summed E-state index contributed by atoms with van der Waals surface area (Å²) in [4.78, 5) is 26.2. The molecule has 0 radical (unpaired) electrons. The van der Waals surface area contributed by atoms with Crippen molar-refractivity contribution in [1.82, 2.24) is 19.9 Å². The molecule has 0 atom stereocenters. The molecule has 0 unspecified atom stereocenters. The third-order valence-electron chi connectivity index (χ3n) is 7.18. The van der Waals surface area contributed by atoms with E-state index < -0.39 is 9.84 Å². The second kappa shape index (κ2) is 14.5. The minimum Gasteiger partial charge on any atom is -0.476 e. The summed E-state index contributed by atoms with van der Waals surface area (Å²) >= 11 is 1.36. The van der Waals surface area contributed by atoms with Crippen LogP contribution < -0.4 is 4.74 Å². The number of methoxy groups -OCH3 is 1. The van der Waals surface area contributed by atoms with E-state index in [1.165, 1.54) is 36.3 Å². The van der Waals surface area contributed by atoms with Gasteiger partial charge in [0.2, 0.25) is 5.88 Å². The molecule has 0 amide bonds. The van der Waals surface area contributed by atoms with Gasteiger partial charge in [-0.1, -0.05) is 23.5 Å². The highest BCUT2D eigenvalue weighted by Crippen LogP contribution is 2.24. The van der Waals surface area contributed by atoms with Crippen LogP contribution in [0.4, 0.5) is 0 Å². The van der Waals surface area contributed by atoms with E-state index in [9.17, 15) is 13.2 Å². The molecule has 42 heavy (non-hydrogen) atoms. The molecule has 1 aromatic carbocycles. The van der Waals surface area contributed by atoms with Gasteiger partial charge in [-0.3, -0.25) is 14.7 Å². The average Bonchev–Trinajstić information content (AvgIpc) is 3.66. The molecule has 2 aromatic heterocycles. The van der Waals surface area contributed by atoms with Crippen molar-refractivity contribution in [2.45, 2.75) is 30.6 Å². The smallest absolute Gasteiger partial charge is 0.214 e. The molecule has 2 fully saturated rings. The van der Waals surface area contributed by atoms with E-state index in [0.29, 0.717) is 72.7 Å². The molecule has 11 nitrogen and oxygen atoms in total. The third kappa shape index (κ3) is 8.10. The van der Waals surface area contributed by atoms with Crippen molar-refractivity contribution in [3.8, 4) is 5.88 Å². The van der Waals surface area contributed by atoms with E-state index in [0.717, 1.165) is 19.6 Å². The lowest BCUT2D eigenvalue weighted by Crippen LogP contribution is -2.34. The maximum Gasteiger partial charge on any atom is 0.214 e. The summed E-state index contributed by atoms with van der Waals surface area (Å²) in [5.41, 5.74) is 1.53. The van der Waals surface area contributed by atoms with Crippen LogP contribution >= 0.6 is 11.3 Å². The van der Waals surface area contributed by atoms with E-state index in [-0.39, 0.29) is 28.6 Å².